The molecule has 6 nitrogen and oxygen atoms in total. The summed E-state index contributed by atoms with van der Waals surface area (Å²) in [5.74, 6) is -0.248. The summed E-state index contributed by atoms with van der Waals surface area (Å²) in [5.41, 5.74) is 1.78. The summed E-state index contributed by atoms with van der Waals surface area (Å²) < 4.78 is 13.7. The maximum Gasteiger partial charge on any atom is 0.228 e. The van der Waals surface area contributed by atoms with Crippen molar-refractivity contribution in [1.82, 2.24) is 20.6 Å². The van der Waals surface area contributed by atoms with Gasteiger partial charge in [0.1, 0.15) is 5.82 Å². The lowest BCUT2D eigenvalue weighted by Gasteiger charge is -2.08. The standard InChI is InChI=1S/C16H13ClFN5O/c17-13-2-1-3-14(18)12(13)9-16(24)19-11-6-4-10(5-7-11)8-15-20-22-23-21-15/h1-7H,8-9H2,(H,19,24)(H,20,21,22,23). The van der Waals surface area contributed by atoms with Gasteiger partial charge in [0, 0.05) is 22.7 Å². The number of aromatic nitrogens is 4. The molecule has 0 aliphatic heterocycles. The Kier molecular flexibility index (Phi) is 4.81. The summed E-state index contributed by atoms with van der Waals surface area (Å²) in [6, 6.07) is 11.6. The van der Waals surface area contributed by atoms with E-state index in [2.05, 4.69) is 25.9 Å². The van der Waals surface area contributed by atoms with E-state index < -0.39 is 5.82 Å². The molecule has 0 unspecified atom stereocenters. The van der Waals surface area contributed by atoms with E-state index in [1.165, 1.54) is 12.1 Å². The molecule has 1 heterocycles. The number of rotatable bonds is 5. The number of halogens is 2. The Morgan fingerprint density at radius 2 is 2.00 bits per heavy atom. The van der Waals surface area contributed by atoms with Gasteiger partial charge in [0.15, 0.2) is 5.82 Å². The lowest BCUT2D eigenvalue weighted by atomic mass is 10.1. The summed E-state index contributed by atoms with van der Waals surface area (Å²) in [6.45, 7) is 0. The molecule has 2 aromatic carbocycles. The van der Waals surface area contributed by atoms with Crippen LogP contribution in [-0.2, 0) is 17.6 Å². The van der Waals surface area contributed by atoms with Gasteiger partial charge in [-0.15, -0.1) is 10.2 Å². The Labute approximate surface area is 142 Å². The van der Waals surface area contributed by atoms with Crippen LogP contribution in [0.1, 0.15) is 17.0 Å². The first-order chi connectivity index (χ1) is 11.6. The number of amides is 1. The van der Waals surface area contributed by atoms with Crippen molar-refractivity contribution < 1.29 is 9.18 Å². The third kappa shape index (κ3) is 3.94. The maximum absolute atomic E-state index is 13.7. The molecule has 1 aromatic heterocycles. The Bertz CT molecular complexity index is 816. The number of tetrazole rings is 1. The van der Waals surface area contributed by atoms with E-state index in [4.69, 9.17) is 11.6 Å². The first-order valence-electron chi connectivity index (χ1n) is 7.16. The zero-order chi connectivity index (χ0) is 16.9. The SMILES string of the molecule is O=C(Cc1c(F)cccc1Cl)Nc1ccc(Cc2nn[nH]n2)cc1. The lowest BCUT2D eigenvalue weighted by molar-refractivity contribution is -0.115. The number of carbonyl (C=O) groups excluding carboxylic acids is 1. The second kappa shape index (κ2) is 7.18. The number of hydrogen-bond donors (Lipinski definition) is 2. The summed E-state index contributed by atoms with van der Waals surface area (Å²) in [5, 5.41) is 16.6. The highest BCUT2D eigenvalue weighted by molar-refractivity contribution is 6.31. The van der Waals surface area contributed by atoms with Crippen molar-refractivity contribution in [2.24, 2.45) is 0 Å². The van der Waals surface area contributed by atoms with Crippen molar-refractivity contribution in [3.8, 4) is 0 Å². The Balaban J connectivity index is 1.62. The number of nitrogens with zero attached hydrogens (tertiary/aromatic N) is 3. The molecule has 0 atom stereocenters. The Morgan fingerprint density at radius 1 is 1.21 bits per heavy atom. The molecule has 0 aliphatic rings. The molecule has 0 saturated carbocycles. The summed E-state index contributed by atoms with van der Waals surface area (Å²) >= 11 is 5.93. The second-order valence-corrected chi connectivity index (χ2v) is 5.53. The molecule has 1 amide bonds. The third-order valence-electron chi connectivity index (χ3n) is 3.39. The molecule has 0 saturated heterocycles. The minimum Gasteiger partial charge on any atom is -0.326 e. The van der Waals surface area contributed by atoms with Crippen LogP contribution >= 0.6 is 11.6 Å². The van der Waals surface area contributed by atoms with Gasteiger partial charge in [-0.25, -0.2) is 4.39 Å². The Morgan fingerprint density at radius 3 is 2.67 bits per heavy atom. The first-order valence-corrected chi connectivity index (χ1v) is 7.53. The van der Waals surface area contributed by atoms with E-state index >= 15 is 0 Å². The number of aromatic amines is 1. The number of carbonyl (C=O) groups is 1. The van der Waals surface area contributed by atoms with Crippen LogP contribution in [0.2, 0.25) is 5.02 Å². The molecule has 0 radical (unpaired) electrons. The van der Waals surface area contributed by atoms with E-state index in [-0.39, 0.29) is 22.9 Å². The molecule has 0 spiro atoms. The summed E-state index contributed by atoms with van der Waals surface area (Å²) in [7, 11) is 0. The average Bonchev–Trinajstić information content (AvgIpc) is 3.06. The summed E-state index contributed by atoms with van der Waals surface area (Å²) in [6.07, 6.45) is 0.408. The highest BCUT2D eigenvalue weighted by atomic mass is 35.5. The van der Waals surface area contributed by atoms with Gasteiger partial charge in [0.25, 0.3) is 0 Å². The largest absolute Gasteiger partial charge is 0.326 e. The van der Waals surface area contributed by atoms with Crippen molar-refractivity contribution in [1.29, 1.82) is 0 Å². The van der Waals surface area contributed by atoms with E-state index in [9.17, 15) is 9.18 Å². The van der Waals surface area contributed by atoms with Crippen molar-refractivity contribution in [2.45, 2.75) is 12.8 Å². The first kappa shape index (κ1) is 16.1. The van der Waals surface area contributed by atoms with Gasteiger partial charge >= 0.3 is 0 Å². The normalized spacial score (nSPS) is 10.6. The topological polar surface area (TPSA) is 83.6 Å². The molecule has 0 fully saturated rings. The number of hydrogen-bond acceptors (Lipinski definition) is 4. The van der Waals surface area contributed by atoms with Crippen LogP contribution in [0.15, 0.2) is 42.5 Å². The molecule has 0 bridgehead atoms. The van der Waals surface area contributed by atoms with Crippen molar-refractivity contribution >= 4 is 23.2 Å². The van der Waals surface area contributed by atoms with Crippen LogP contribution in [0.4, 0.5) is 10.1 Å². The van der Waals surface area contributed by atoms with Crippen molar-refractivity contribution in [2.75, 3.05) is 5.32 Å². The van der Waals surface area contributed by atoms with Gasteiger partial charge in [-0.3, -0.25) is 4.79 Å². The fourth-order valence-corrected chi connectivity index (χ4v) is 2.44. The van der Waals surface area contributed by atoms with E-state index in [1.54, 1.807) is 18.2 Å². The average molecular weight is 346 g/mol. The monoisotopic (exact) mass is 345 g/mol. The zero-order valence-electron chi connectivity index (χ0n) is 12.5. The van der Waals surface area contributed by atoms with Crippen LogP contribution in [0.25, 0.3) is 0 Å². The minimum atomic E-state index is -0.492. The predicted molar refractivity (Wildman–Crippen MR) is 87.2 cm³/mol. The molecular formula is C16H13ClFN5O. The number of H-pyrrole nitrogens is 1. The minimum absolute atomic E-state index is 0.129. The molecule has 24 heavy (non-hydrogen) atoms. The van der Waals surface area contributed by atoms with Crippen molar-refractivity contribution in [3.05, 3.63) is 70.3 Å². The summed E-state index contributed by atoms with van der Waals surface area (Å²) in [4.78, 5) is 12.1. The van der Waals surface area contributed by atoms with Gasteiger partial charge in [-0.05, 0) is 29.8 Å². The van der Waals surface area contributed by atoms with Crippen LogP contribution in [0.3, 0.4) is 0 Å². The van der Waals surface area contributed by atoms with Crippen molar-refractivity contribution in [3.63, 3.8) is 0 Å². The van der Waals surface area contributed by atoms with Gasteiger partial charge in [-0.2, -0.15) is 5.21 Å². The quantitative estimate of drug-likeness (QED) is 0.744. The van der Waals surface area contributed by atoms with Gasteiger partial charge in [0.2, 0.25) is 5.91 Å². The molecular weight excluding hydrogens is 333 g/mol. The molecule has 2 N–H and O–H groups in total. The highest BCUT2D eigenvalue weighted by Crippen LogP contribution is 2.20. The van der Waals surface area contributed by atoms with Gasteiger partial charge < -0.3 is 5.32 Å². The molecule has 3 rings (SSSR count). The second-order valence-electron chi connectivity index (χ2n) is 5.13. The smallest absolute Gasteiger partial charge is 0.228 e. The fourth-order valence-electron chi connectivity index (χ4n) is 2.21. The van der Waals surface area contributed by atoms with E-state index in [1.807, 2.05) is 12.1 Å². The number of benzene rings is 2. The number of anilines is 1. The van der Waals surface area contributed by atoms with Crippen LogP contribution in [0.5, 0.6) is 0 Å². The lowest BCUT2D eigenvalue weighted by Crippen LogP contribution is -2.15. The highest BCUT2D eigenvalue weighted by Gasteiger charge is 2.12. The fraction of sp³-hybridized carbons (Fsp3) is 0.125. The molecule has 122 valence electrons. The molecule has 0 aliphatic carbocycles. The zero-order valence-corrected chi connectivity index (χ0v) is 13.2. The maximum atomic E-state index is 13.7. The van der Waals surface area contributed by atoms with Gasteiger partial charge in [0.05, 0.1) is 6.42 Å². The third-order valence-corrected chi connectivity index (χ3v) is 3.74. The van der Waals surface area contributed by atoms with Crippen LogP contribution in [0, 0.1) is 5.82 Å². The molecule has 3 aromatic rings. The Hall–Kier alpha value is -2.80. The van der Waals surface area contributed by atoms with Crippen LogP contribution in [-0.4, -0.2) is 26.5 Å². The molecule has 8 heteroatoms. The van der Waals surface area contributed by atoms with E-state index in [0.29, 0.717) is 17.9 Å². The number of nitrogens with one attached hydrogen (secondary N) is 2. The van der Waals surface area contributed by atoms with Crippen LogP contribution < -0.4 is 5.32 Å². The van der Waals surface area contributed by atoms with Gasteiger partial charge in [-0.1, -0.05) is 35.0 Å². The predicted octanol–water partition coefficient (Wildman–Crippen LogP) is 2.76. The van der Waals surface area contributed by atoms with E-state index in [0.717, 1.165) is 5.56 Å².